The topological polar surface area (TPSA) is 101 Å². The van der Waals surface area contributed by atoms with E-state index in [2.05, 4.69) is 11.8 Å². The van der Waals surface area contributed by atoms with E-state index in [0.29, 0.717) is 17.3 Å². The highest BCUT2D eigenvalue weighted by Crippen LogP contribution is 2.57. The van der Waals surface area contributed by atoms with Crippen LogP contribution in [0, 0.1) is 0 Å². The van der Waals surface area contributed by atoms with Crippen molar-refractivity contribution in [3.63, 3.8) is 0 Å². The van der Waals surface area contributed by atoms with Crippen molar-refractivity contribution in [2.24, 2.45) is 0 Å². The van der Waals surface area contributed by atoms with Crippen molar-refractivity contribution in [2.45, 2.75) is 19.8 Å². The molecule has 4 N–H and O–H groups in total. The van der Waals surface area contributed by atoms with Crippen LogP contribution in [0.25, 0.3) is 0 Å². The number of rotatable bonds is 5. The summed E-state index contributed by atoms with van der Waals surface area (Å²) in [5, 5.41) is 0. The largest absolute Gasteiger partial charge is 0.410 e. The second-order valence-electron chi connectivity index (χ2n) is 2.48. The Morgan fingerprint density at radius 1 is 1.31 bits per heavy atom. The van der Waals surface area contributed by atoms with E-state index in [4.69, 9.17) is 19.6 Å². The van der Waals surface area contributed by atoms with Crippen molar-refractivity contribution in [3.05, 3.63) is 0 Å². The Labute approximate surface area is 81.6 Å². The van der Waals surface area contributed by atoms with Crippen LogP contribution in [0.15, 0.2) is 0 Å². The fraction of sp³-hybridized carbons (Fsp3) is 1.00. The average Bonchev–Trinajstić information content (AvgIpc) is 1.81. The van der Waals surface area contributed by atoms with Gasteiger partial charge in [-0.2, -0.15) is 0 Å². The molecule has 0 aromatic carbocycles. The van der Waals surface area contributed by atoms with Crippen molar-refractivity contribution in [1.82, 2.24) is 4.44 Å². The lowest BCUT2D eigenvalue weighted by Gasteiger charge is -2.25. The smallest absolute Gasteiger partial charge is 0.333 e. The fourth-order valence-electron chi connectivity index (χ4n) is 0.712. The van der Waals surface area contributed by atoms with Crippen LogP contribution < -0.4 is 0 Å². The van der Waals surface area contributed by atoms with Gasteiger partial charge in [-0.3, -0.25) is 0 Å². The van der Waals surface area contributed by atoms with Crippen molar-refractivity contribution in [3.8, 4) is 0 Å². The van der Waals surface area contributed by atoms with Gasteiger partial charge in [-0.1, -0.05) is 13.3 Å². The summed E-state index contributed by atoms with van der Waals surface area (Å²) in [5.74, 6) is 0. The number of unbranched alkanes of at least 4 members (excludes halogenated alkanes) is 1. The molecular weight excluding hydrogens is 236 g/mol. The molecule has 0 aromatic rings. The summed E-state index contributed by atoms with van der Waals surface area (Å²) in [6.45, 7) is -2.31. The molecule has 13 heavy (non-hydrogen) atoms. The molecule has 80 valence electrons. The molecule has 0 saturated heterocycles. The Bertz CT molecular complexity index is 225. The first-order chi connectivity index (χ1) is 5.69. The van der Waals surface area contributed by atoms with Crippen LogP contribution in [0.4, 0.5) is 0 Å². The third-order valence-electron chi connectivity index (χ3n) is 1.31. The number of hydrogen-bond donors (Lipinski definition) is 4. The van der Waals surface area contributed by atoms with Crippen LogP contribution in [0.5, 0.6) is 0 Å². The van der Waals surface area contributed by atoms with E-state index in [1.807, 2.05) is 6.92 Å². The van der Waals surface area contributed by atoms with Crippen LogP contribution in [0.3, 0.4) is 0 Å². The van der Waals surface area contributed by atoms with Crippen molar-refractivity contribution in [2.75, 3.05) is 6.54 Å². The van der Waals surface area contributed by atoms with Gasteiger partial charge in [0.2, 0.25) is 0 Å². The van der Waals surface area contributed by atoms with Gasteiger partial charge in [0.15, 0.2) is 0 Å². The van der Waals surface area contributed by atoms with Crippen LogP contribution >= 0.6 is 14.4 Å². The van der Waals surface area contributed by atoms with Gasteiger partial charge in [-0.05, 0) is 18.2 Å². The van der Waals surface area contributed by atoms with Gasteiger partial charge in [-0.25, -0.2) is 4.57 Å². The lowest BCUT2D eigenvalue weighted by atomic mass is 10.3. The van der Waals surface area contributed by atoms with Gasteiger partial charge in [0.25, 0.3) is 6.64 Å². The average molecular weight is 249 g/mol. The molecule has 0 rings (SSSR count). The quantitative estimate of drug-likeness (QED) is 0.523. The molecule has 0 unspecified atom stereocenters. The van der Waals surface area contributed by atoms with Gasteiger partial charge in [0, 0.05) is 6.54 Å². The predicted molar refractivity (Wildman–Crippen MR) is 52.4 cm³/mol. The first-order valence-electron chi connectivity index (χ1n) is 3.59. The van der Waals surface area contributed by atoms with Crippen molar-refractivity contribution in [1.29, 1.82) is 0 Å². The molecule has 0 aromatic heterocycles. The van der Waals surface area contributed by atoms with Crippen molar-refractivity contribution >= 4 is 26.2 Å². The minimum absolute atomic E-state index is 0.106. The molecule has 0 aliphatic rings. The van der Waals surface area contributed by atoms with Gasteiger partial charge < -0.3 is 19.6 Å². The second kappa shape index (κ2) is 4.96. The Balaban J connectivity index is 4.59. The molecule has 0 saturated carbocycles. The molecule has 0 aliphatic carbocycles. The zero-order valence-electron chi connectivity index (χ0n) is 7.07. The number of nitrogens with zero attached hydrogens (tertiary/aromatic N) is 1. The molecule has 0 amide bonds. The van der Waals surface area contributed by atoms with E-state index in [1.165, 1.54) is 0 Å². The summed E-state index contributed by atoms with van der Waals surface area (Å²) in [4.78, 5) is 35.3. The summed E-state index contributed by atoms with van der Waals surface area (Å²) in [6.07, 6.45) is 1.14. The maximum atomic E-state index is 10.7. The van der Waals surface area contributed by atoms with Gasteiger partial charge in [-0.15, -0.1) is 4.44 Å². The highest BCUT2D eigenvalue weighted by atomic mass is 32.5. The highest BCUT2D eigenvalue weighted by molar-refractivity contribution is 8.09. The first kappa shape index (κ1) is 13.7. The maximum absolute atomic E-state index is 10.7. The Morgan fingerprint density at radius 3 is 2.00 bits per heavy atom. The molecule has 0 atom stereocenters. The molecule has 0 radical (unpaired) electrons. The zero-order valence-corrected chi connectivity index (χ0v) is 9.67. The van der Waals surface area contributed by atoms with Gasteiger partial charge in [0.05, 0.1) is 0 Å². The van der Waals surface area contributed by atoms with Gasteiger partial charge in [0.1, 0.15) is 0 Å². The fourth-order valence-corrected chi connectivity index (χ4v) is 3.83. The highest BCUT2D eigenvalue weighted by Gasteiger charge is 2.35. The van der Waals surface area contributed by atoms with E-state index in [9.17, 15) is 4.57 Å². The van der Waals surface area contributed by atoms with E-state index in [1.54, 1.807) is 0 Å². The zero-order chi connectivity index (χ0) is 10.7. The molecule has 0 spiro atoms. The minimum Gasteiger partial charge on any atom is -0.333 e. The molecule has 0 heterocycles. The second-order valence-corrected chi connectivity index (χ2v) is 7.28. The van der Waals surface area contributed by atoms with Gasteiger partial charge >= 0.3 is 7.75 Å². The van der Waals surface area contributed by atoms with Crippen LogP contribution in [0.1, 0.15) is 19.8 Å². The third kappa shape index (κ3) is 5.20. The molecular formula is C4H13NO5P2S. The SMILES string of the molecule is CCCCN(P(=O)(O)O)P(O)(O)=S. The summed E-state index contributed by atoms with van der Waals surface area (Å²) in [7, 11) is -4.65. The summed E-state index contributed by atoms with van der Waals surface area (Å²) < 4.78 is 11.0. The minimum atomic E-state index is -4.65. The summed E-state index contributed by atoms with van der Waals surface area (Å²) >= 11 is 4.22. The van der Waals surface area contributed by atoms with Crippen molar-refractivity contribution < 1.29 is 24.1 Å². The molecule has 0 bridgehead atoms. The molecule has 0 aliphatic heterocycles. The Morgan fingerprint density at radius 2 is 1.77 bits per heavy atom. The molecule has 0 fully saturated rings. The molecule has 9 heteroatoms. The standard InChI is InChI=1S/C4H13NO5P2S/c1-2-3-4-5(11(6,7)8)12(9,10)13/h2-4H2,1H3,(H2,6,7,8)(H2,9,10,13). The monoisotopic (exact) mass is 249 g/mol. The Kier molecular flexibility index (Phi) is 5.22. The van der Waals surface area contributed by atoms with E-state index < -0.39 is 14.4 Å². The van der Waals surface area contributed by atoms with Crippen LogP contribution in [-0.2, 0) is 16.4 Å². The normalized spacial score (nSPS) is 13.7. The first-order valence-corrected chi connectivity index (χ1v) is 7.81. The van der Waals surface area contributed by atoms with E-state index >= 15 is 0 Å². The van der Waals surface area contributed by atoms with Crippen LogP contribution in [0.2, 0.25) is 0 Å². The molecule has 6 nitrogen and oxygen atoms in total. The predicted octanol–water partition coefficient (Wildman–Crippen LogP) is 0.390. The summed E-state index contributed by atoms with van der Waals surface area (Å²) in [6, 6.07) is 0. The van der Waals surface area contributed by atoms with E-state index in [-0.39, 0.29) is 6.54 Å². The summed E-state index contributed by atoms with van der Waals surface area (Å²) in [5.41, 5.74) is 0. The number of hydrogen-bond acceptors (Lipinski definition) is 2. The third-order valence-corrected chi connectivity index (χ3v) is 5.32. The van der Waals surface area contributed by atoms with E-state index in [0.717, 1.165) is 0 Å². The lowest BCUT2D eigenvalue weighted by Crippen LogP contribution is -2.17. The Hall–Kier alpha value is 0.680. The maximum Gasteiger partial charge on any atom is 0.410 e. The van der Waals surface area contributed by atoms with Crippen LogP contribution in [-0.4, -0.2) is 30.6 Å². The lowest BCUT2D eigenvalue weighted by molar-refractivity contribution is 0.299.